The molecule has 0 radical (unpaired) electrons. The molecule has 1 N–H and O–H groups in total. The SMILES string of the molecule is Cc1nn([C@H]2CCS(=O)(=O)C2)c(C)c1C(=O)N[C@H](C)CCc1ccccc1. The average molecular weight is 390 g/mol. The van der Waals surface area contributed by atoms with Gasteiger partial charge in [-0.15, -0.1) is 0 Å². The first-order valence-electron chi connectivity index (χ1n) is 9.38. The minimum Gasteiger partial charge on any atom is -0.349 e. The van der Waals surface area contributed by atoms with Crippen LogP contribution in [0.25, 0.3) is 0 Å². The molecule has 0 spiro atoms. The van der Waals surface area contributed by atoms with E-state index < -0.39 is 9.84 Å². The summed E-state index contributed by atoms with van der Waals surface area (Å²) in [5.41, 5.74) is 3.19. The van der Waals surface area contributed by atoms with Crippen LogP contribution in [0.3, 0.4) is 0 Å². The van der Waals surface area contributed by atoms with Crippen molar-refractivity contribution in [1.82, 2.24) is 15.1 Å². The van der Waals surface area contributed by atoms with Gasteiger partial charge in [0.05, 0.1) is 28.8 Å². The molecule has 2 heterocycles. The van der Waals surface area contributed by atoms with Crippen LogP contribution in [-0.4, -0.2) is 41.7 Å². The summed E-state index contributed by atoms with van der Waals surface area (Å²) in [7, 11) is -3.00. The Hall–Kier alpha value is -2.15. The number of hydrogen-bond donors (Lipinski definition) is 1. The van der Waals surface area contributed by atoms with Gasteiger partial charge in [0.1, 0.15) is 0 Å². The Labute approximate surface area is 160 Å². The van der Waals surface area contributed by atoms with Gasteiger partial charge in [-0.1, -0.05) is 30.3 Å². The van der Waals surface area contributed by atoms with Gasteiger partial charge in [0.15, 0.2) is 9.84 Å². The zero-order chi connectivity index (χ0) is 19.6. The molecule has 0 aliphatic carbocycles. The third-order valence-electron chi connectivity index (χ3n) is 5.19. The van der Waals surface area contributed by atoms with Crippen LogP contribution < -0.4 is 5.32 Å². The molecule has 27 heavy (non-hydrogen) atoms. The van der Waals surface area contributed by atoms with Gasteiger partial charge < -0.3 is 5.32 Å². The quantitative estimate of drug-likeness (QED) is 0.823. The van der Waals surface area contributed by atoms with Gasteiger partial charge in [0, 0.05) is 11.7 Å². The summed E-state index contributed by atoms with van der Waals surface area (Å²) in [4.78, 5) is 12.8. The lowest BCUT2D eigenvalue weighted by molar-refractivity contribution is 0.0937. The van der Waals surface area contributed by atoms with Crippen molar-refractivity contribution in [2.24, 2.45) is 0 Å². The molecule has 6 nitrogen and oxygen atoms in total. The maximum absolute atomic E-state index is 12.8. The monoisotopic (exact) mass is 389 g/mol. The number of hydrogen-bond acceptors (Lipinski definition) is 4. The van der Waals surface area contributed by atoms with Gasteiger partial charge in [0.25, 0.3) is 5.91 Å². The van der Waals surface area contributed by atoms with Crippen LogP contribution in [0.1, 0.15) is 53.1 Å². The van der Waals surface area contributed by atoms with Crippen LogP contribution in [0.5, 0.6) is 0 Å². The Morgan fingerprint density at radius 3 is 2.63 bits per heavy atom. The van der Waals surface area contributed by atoms with Crippen molar-refractivity contribution in [2.75, 3.05) is 11.5 Å². The maximum Gasteiger partial charge on any atom is 0.255 e. The van der Waals surface area contributed by atoms with E-state index >= 15 is 0 Å². The van der Waals surface area contributed by atoms with Crippen molar-refractivity contribution in [1.29, 1.82) is 0 Å². The molecular weight excluding hydrogens is 362 g/mol. The average Bonchev–Trinajstić information content (AvgIpc) is 3.12. The number of rotatable bonds is 6. The van der Waals surface area contributed by atoms with Crippen LogP contribution in [0, 0.1) is 13.8 Å². The van der Waals surface area contributed by atoms with E-state index in [4.69, 9.17) is 0 Å². The third-order valence-corrected chi connectivity index (χ3v) is 6.94. The number of sulfone groups is 1. The molecule has 3 rings (SSSR count). The van der Waals surface area contributed by atoms with Crippen molar-refractivity contribution in [3.63, 3.8) is 0 Å². The minimum absolute atomic E-state index is 0.0340. The fourth-order valence-corrected chi connectivity index (χ4v) is 5.40. The molecule has 2 atom stereocenters. The molecule has 1 aliphatic heterocycles. The second kappa shape index (κ2) is 7.84. The topological polar surface area (TPSA) is 81.1 Å². The number of carbonyl (C=O) groups is 1. The highest BCUT2D eigenvalue weighted by atomic mass is 32.2. The molecule has 0 bridgehead atoms. The van der Waals surface area contributed by atoms with Gasteiger partial charge in [-0.3, -0.25) is 9.48 Å². The molecule has 0 saturated carbocycles. The van der Waals surface area contributed by atoms with E-state index in [9.17, 15) is 13.2 Å². The molecule has 0 unspecified atom stereocenters. The minimum atomic E-state index is -3.00. The fourth-order valence-electron chi connectivity index (χ4n) is 3.71. The highest BCUT2D eigenvalue weighted by Crippen LogP contribution is 2.26. The largest absolute Gasteiger partial charge is 0.349 e. The lowest BCUT2D eigenvalue weighted by atomic mass is 10.1. The molecule has 2 aromatic rings. The van der Waals surface area contributed by atoms with E-state index in [-0.39, 0.29) is 29.5 Å². The number of carbonyl (C=O) groups excluding carboxylic acids is 1. The van der Waals surface area contributed by atoms with E-state index in [1.807, 2.05) is 32.0 Å². The van der Waals surface area contributed by atoms with E-state index in [2.05, 4.69) is 22.5 Å². The molecule has 1 saturated heterocycles. The Morgan fingerprint density at radius 2 is 2.00 bits per heavy atom. The summed E-state index contributed by atoms with van der Waals surface area (Å²) in [5.74, 6) is 0.148. The summed E-state index contributed by atoms with van der Waals surface area (Å²) in [5, 5.41) is 7.53. The van der Waals surface area contributed by atoms with Crippen molar-refractivity contribution in [2.45, 2.75) is 52.1 Å². The molecule has 7 heteroatoms. The second-order valence-corrected chi connectivity index (χ2v) is 9.67. The summed E-state index contributed by atoms with van der Waals surface area (Å²) < 4.78 is 25.3. The van der Waals surface area contributed by atoms with Crippen LogP contribution in [0.15, 0.2) is 30.3 Å². The van der Waals surface area contributed by atoms with Gasteiger partial charge in [0.2, 0.25) is 0 Å². The predicted octanol–water partition coefficient (Wildman–Crippen LogP) is 2.61. The van der Waals surface area contributed by atoms with Crippen molar-refractivity contribution in [3.8, 4) is 0 Å². The number of aromatic nitrogens is 2. The summed E-state index contributed by atoms with van der Waals surface area (Å²) in [6.45, 7) is 5.64. The molecule has 1 aromatic carbocycles. The van der Waals surface area contributed by atoms with Crippen molar-refractivity contribution >= 4 is 15.7 Å². The van der Waals surface area contributed by atoms with Crippen LogP contribution >= 0.6 is 0 Å². The Balaban J connectivity index is 1.66. The van der Waals surface area contributed by atoms with Crippen molar-refractivity contribution < 1.29 is 13.2 Å². The smallest absolute Gasteiger partial charge is 0.255 e. The summed E-state index contributed by atoms with van der Waals surface area (Å²) in [6.07, 6.45) is 2.31. The number of aryl methyl sites for hydroxylation is 2. The third kappa shape index (κ3) is 4.58. The second-order valence-electron chi connectivity index (χ2n) is 7.45. The van der Waals surface area contributed by atoms with Crippen LogP contribution in [0.2, 0.25) is 0 Å². The Morgan fingerprint density at radius 1 is 1.30 bits per heavy atom. The number of amides is 1. The maximum atomic E-state index is 12.8. The molecule has 1 fully saturated rings. The summed E-state index contributed by atoms with van der Waals surface area (Å²) in [6, 6.07) is 10.1. The van der Waals surface area contributed by atoms with Crippen molar-refractivity contribution in [3.05, 3.63) is 52.8 Å². The first-order chi connectivity index (χ1) is 12.8. The Kier molecular flexibility index (Phi) is 5.69. The first-order valence-corrected chi connectivity index (χ1v) is 11.2. The molecule has 1 aromatic heterocycles. The molecule has 1 amide bonds. The molecule has 1 aliphatic rings. The van der Waals surface area contributed by atoms with Gasteiger partial charge in [-0.2, -0.15) is 5.10 Å². The van der Waals surface area contributed by atoms with Crippen LogP contribution in [0.4, 0.5) is 0 Å². The van der Waals surface area contributed by atoms with Gasteiger partial charge in [-0.25, -0.2) is 8.42 Å². The van der Waals surface area contributed by atoms with E-state index in [1.165, 1.54) is 5.56 Å². The number of nitrogens with zero attached hydrogens (tertiary/aromatic N) is 2. The lowest BCUT2D eigenvalue weighted by Gasteiger charge is -2.15. The van der Waals surface area contributed by atoms with E-state index in [0.29, 0.717) is 17.7 Å². The lowest BCUT2D eigenvalue weighted by Crippen LogP contribution is -2.33. The molecule has 146 valence electrons. The van der Waals surface area contributed by atoms with E-state index in [1.54, 1.807) is 11.6 Å². The Bertz CT molecular complexity index is 919. The van der Waals surface area contributed by atoms with E-state index in [0.717, 1.165) is 18.5 Å². The molecular formula is C20H27N3O3S. The van der Waals surface area contributed by atoms with Gasteiger partial charge in [-0.05, 0) is 45.6 Å². The number of benzene rings is 1. The van der Waals surface area contributed by atoms with Crippen LogP contribution in [-0.2, 0) is 16.3 Å². The zero-order valence-electron chi connectivity index (χ0n) is 16.1. The van der Waals surface area contributed by atoms with Gasteiger partial charge >= 0.3 is 0 Å². The zero-order valence-corrected chi connectivity index (χ0v) is 16.9. The summed E-state index contributed by atoms with van der Waals surface area (Å²) >= 11 is 0. The highest BCUT2D eigenvalue weighted by Gasteiger charge is 2.32. The highest BCUT2D eigenvalue weighted by molar-refractivity contribution is 7.91. The fraction of sp³-hybridized carbons (Fsp3) is 0.500. The normalized spacial score (nSPS) is 19.7. The first kappa shape index (κ1) is 19.6. The number of nitrogens with one attached hydrogen (secondary N) is 1. The standard InChI is InChI=1S/C20H27N3O3S/c1-14(9-10-17-7-5-4-6-8-17)21-20(24)19-15(2)22-23(16(19)3)18-11-12-27(25,26)13-18/h4-8,14,18H,9-13H2,1-3H3,(H,21,24)/t14-,18+/m1/s1. The predicted molar refractivity (Wildman–Crippen MR) is 106 cm³/mol.